The van der Waals surface area contributed by atoms with Crippen molar-refractivity contribution in [1.29, 1.82) is 0 Å². The van der Waals surface area contributed by atoms with Crippen molar-refractivity contribution in [3.8, 4) is 0 Å². The van der Waals surface area contributed by atoms with E-state index in [-0.39, 0.29) is 18.3 Å². The molecule has 0 fully saturated rings. The van der Waals surface area contributed by atoms with Gasteiger partial charge in [0.05, 0.1) is 23.3 Å². The quantitative estimate of drug-likeness (QED) is 0.586. The van der Waals surface area contributed by atoms with Gasteiger partial charge in [0.1, 0.15) is 6.54 Å². The first-order chi connectivity index (χ1) is 11.3. The number of carbonyl (C=O) groups excluding carboxylic acids is 1. The van der Waals surface area contributed by atoms with Gasteiger partial charge in [0.25, 0.3) is 0 Å². The number of hydrogen-bond donors (Lipinski definition) is 2. The highest BCUT2D eigenvalue weighted by Gasteiger charge is 2.14. The first-order valence-corrected chi connectivity index (χ1v) is 7.14. The van der Waals surface area contributed by atoms with Crippen LogP contribution in [-0.2, 0) is 22.6 Å². The lowest BCUT2D eigenvalue weighted by Gasteiger charge is -2.08. The summed E-state index contributed by atoms with van der Waals surface area (Å²) in [5, 5.41) is 25.7. The number of carboxylic acids is 1. The molecule has 9 nitrogen and oxygen atoms in total. The molecule has 9 heteroatoms. The van der Waals surface area contributed by atoms with Crippen molar-refractivity contribution < 1.29 is 19.6 Å². The van der Waals surface area contributed by atoms with Crippen LogP contribution in [0.15, 0.2) is 36.5 Å². The zero-order valence-electron chi connectivity index (χ0n) is 12.9. The maximum absolute atomic E-state index is 11.9. The summed E-state index contributed by atoms with van der Waals surface area (Å²) in [5.41, 5.74) is 1.40. The minimum Gasteiger partial charge on any atom is -0.481 e. The van der Waals surface area contributed by atoms with Crippen molar-refractivity contribution in [2.45, 2.75) is 19.9 Å². The third kappa shape index (κ3) is 4.63. The van der Waals surface area contributed by atoms with Crippen LogP contribution >= 0.6 is 0 Å². The number of carboxylic acid groups (broad SMARTS) is 1. The minimum atomic E-state index is -0.860. The Kier molecular flexibility index (Phi) is 5.25. The number of anilines is 1. The zero-order valence-corrected chi connectivity index (χ0v) is 12.9. The van der Waals surface area contributed by atoms with Crippen molar-refractivity contribution in [2.75, 3.05) is 5.32 Å². The summed E-state index contributed by atoms with van der Waals surface area (Å²) in [5.74, 6) is -2.04. The number of nitrogens with zero attached hydrogens (tertiary/aromatic N) is 3. The van der Waals surface area contributed by atoms with Gasteiger partial charge in [-0.2, -0.15) is 4.68 Å². The van der Waals surface area contributed by atoms with E-state index < -0.39 is 16.8 Å². The SMILES string of the molecule is CC(Cc1ccc(NC(=O)Cn2ccc([N+](=O)[O-])n2)cc1)C(=O)O. The second-order valence-electron chi connectivity index (χ2n) is 5.32. The number of hydrogen-bond acceptors (Lipinski definition) is 5. The minimum absolute atomic E-state index is 0.147. The van der Waals surface area contributed by atoms with E-state index in [0.29, 0.717) is 12.1 Å². The van der Waals surface area contributed by atoms with Gasteiger partial charge in [0.2, 0.25) is 5.91 Å². The molecule has 2 rings (SSSR count). The summed E-state index contributed by atoms with van der Waals surface area (Å²) in [6.45, 7) is 1.48. The smallest absolute Gasteiger partial charge is 0.389 e. The van der Waals surface area contributed by atoms with Gasteiger partial charge in [-0.25, -0.2) is 0 Å². The highest BCUT2D eigenvalue weighted by Crippen LogP contribution is 2.14. The number of benzene rings is 1. The molecule has 2 aromatic rings. The molecule has 0 aliphatic carbocycles. The fraction of sp³-hybridized carbons (Fsp3) is 0.267. The lowest BCUT2D eigenvalue weighted by molar-refractivity contribution is -0.389. The molecule has 1 atom stereocenters. The molecule has 1 amide bonds. The Labute approximate surface area is 137 Å². The van der Waals surface area contributed by atoms with Gasteiger partial charge in [0.15, 0.2) is 0 Å². The molecule has 1 unspecified atom stereocenters. The largest absolute Gasteiger partial charge is 0.481 e. The predicted molar refractivity (Wildman–Crippen MR) is 84.5 cm³/mol. The molecule has 0 saturated carbocycles. The summed E-state index contributed by atoms with van der Waals surface area (Å²) < 4.78 is 1.18. The molecule has 1 aromatic heterocycles. The van der Waals surface area contributed by atoms with E-state index in [1.165, 1.54) is 16.9 Å². The average molecular weight is 332 g/mol. The van der Waals surface area contributed by atoms with E-state index in [9.17, 15) is 19.7 Å². The molecule has 126 valence electrons. The second-order valence-corrected chi connectivity index (χ2v) is 5.32. The number of carbonyl (C=O) groups is 2. The molecule has 24 heavy (non-hydrogen) atoms. The van der Waals surface area contributed by atoms with Crippen LogP contribution in [0.1, 0.15) is 12.5 Å². The van der Waals surface area contributed by atoms with Gasteiger partial charge >= 0.3 is 11.8 Å². The summed E-state index contributed by atoms with van der Waals surface area (Å²) in [7, 11) is 0. The molecule has 0 radical (unpaired) electrons. The third-order valence-electron chi connectivity index (χ3n) is 3.32. The van der Waals surface area contributed by atoms with Crippen molar-refractivity contribution >= 4 is 23.4 Å². The van der Waals surface area contributed by atoms with Gasteiger partial charge in [-0.1, -0.05) is 19.1 Å². The van der Waals surface area contributed by atoms with Gasteiger partial charge < -0.3 is 20.5 Å². The van der Waals surface area contributed by atoms with Crippen LogP contribution in [0.5, 0.6) is 0 Å². The fourth-order valence-corrected chi connectivity index (χ4v) is 2.05. The number of rotatable bonds is 7. The molecule has 2 N–H and O–H groups in total. The summed E-state index contributed by atoms with van der Waals surface area (Å²) in [6, 6.07) is 8.05. The normalized spacial score (nSPS) is 11.7. The lowest BCUT2D eigenvalue weighted by atomic mass is 10.0. The lowest BCUT2D eigenvalue weighted by Crippen LogP contribution is -2.19. The first kappa shape index (κ1) is 17.1. The van der Waals surface area contributed by atoms with Crippen molar-refractivity contribution in [2.24, 2.45) is 5.92 Å². The second kappa shape index (κ2) is 7.36. The van der Waals surface area contributed by atoms with Crippen LogP contribution in [0.2, 0.25) is 0 Å². The van der Waals surface area contributed by atoms with E-state index >= 15 is 0 Å². The van der Waals surface area contributed by atoms with E-state index in [2.05, 4.69) is 10.4 Å². The Morgan fingerprint density at radius 3 is 2.54 bits per heavy atom. The highest BCUT2D eigenvalue weighted by atomic mass is 16.6. The van der Waals surface area contributed by atoms with Crippen LogP contribution in [0.4, 0.5) is 11.5 Å². The van der Waals surface area contributed by atoms with Crippen molar-refractivity contribution in [3.63, 3.8) is 0 Å². The maximum Gasteiger partial charge on any atom is 0.389 e. The van der Waals surface area contributed by atoms with E-state index in [0.717, 1.165) is 5.56 Å². The monoisotopic (exact) mass is 332 g/mol. The number of nitro groups is 1. The molecular formula is C15H16N4O5. The van der Waals surface area contributed by atoms with Crippen LogP contribution < -0.4 is 5.32 Å². The Morgan fingerprint density at radius 2 is 2.00 bits per heavy atom. The van der Waals surface area contributed by atoms with Gasteiger partial charge in [-0.05, 0) is 29.0 Å². The number of aliphatic carboxylic acids is 1. The Morgan fingerprint density at radius 1 is 1.33 bits per heavy atom. The summed E-state index contributed by atoms with van der Waals surface area (Å²) in [4.78, 5) is 32.6. The van der Waals surface area contributed by atoms with Crippen molar-refractivity contribution in [1.82, 2.24) is 9.78 Å². The standard InChI is InChI=1S/C15H16N4O5/c1-10(15(21)22)8-11-2-4-12(5-3-11)16-14(20)9-18-7-6-13(17-18)19(23)24/h2-7,10H,8-9H2,1H3,(H,16,20)(H,21,22). The predicted octanol–water partition coefficient (Wildman–Crippen LogP) is 1.69. The maximum atomic E-state index is 11.9. The van der Waals surface area contributed by atoms with Crippen LogP contribution in [0.3, 0.4) is 0 Å². The van der Waals surface area contributed by atoms with Crippen molar-refractivity contribution in [3.05, 3.63) is 52.2 Å². The topological polar surface area (TPSA) is 127 Å². The summed E-state index contributed by atoms with van der Waals surface area (Å²) in [6.07, 6.45) is 1.76. The van der Waals surface area contributed by atoms with Crippen LogP contribution in [-0.4, -0.2) is 31.7 Å². The zero-order chi connectivity index (χ0) is 17.7. The first-order valence-electron chi connectivity index (χ1n) is 7.14. The molecule has 0 bridgehead atoms. The Hall–Kier alpha value is -3.23. The van der Waals surface area contributed by atoms with E-state index in [1.54, 1.807) is 31.2 Å². The molecule has 0 spiro atoms. The molecule has 0 aliphatic heterocycles. The van der Waals surface area contributed by atoms with Gasteiger partial charge in [0, 0.05) is 5.69 Å². The molecule has 0 saturated heterocycles. The molecular weight excluding hydrogens is 316 g/mol. The Balaban J connectivity index is 1.91. The molecule has 1 aromatic carbocycles. The van der Waals surface area contributed by atoms with Gasteiger partial charge in [-0.3, -0.25) is 9.59 Å². The highest BCUT2D eigenvalue weighted by molar-refractivity contribution is 5.90. The molecule has 1 heterocycles. The van der Waals surface area contributed by atoms with E-state index in [4.69, 9.17) is 5.11 Å². The fourth-order valence-electron chi connectivity index (χ4n) is 2.05. The summed E-state index contributed by atoms with van der Waals surface area (Å²) >= 11 is 0. The van der Waals surface area contributed by atoms with Crippen LogP contribution in [0, 0.1) is 16.0 Å². The van der Waals surface area contributed by atoms with Crippen LogP contribution in [0.25, 0.3) is 0 Å². The third-order valence-corrected chi connectivity index (χ3v) is 3.32. The van der Waals surface area contributed by atoms with Gasteiger partial charge in [-0.15, -0.1) is 0 Å². The van der Waals surface area contributed by atoms with E-state index in [1.807, 2.05) is 0 Å². The Bertz CT molecular complexity index is 753. The number of aromatic nitrogens is 2. The molecule has 0 aliphatic rings. The average Bonchev–Trinajstić information content (AvgIpc) is 2.97. The number of amides is 1. The number of nitrogens with one attached hydrogen (secondary N) is 1.